The SMILES string of the molecule is [Bi].[In].[O]=[Sn]. The Morgan fingerprint density at radius 3 is 1.25 bits per heavy atom. The number of hydrogen-bond acceptors (Lipinski definition) is 1. The van der Waals surface area contributed by atoms with Gasteiger partial charge in [-0.1, -0.05) is 0 Å². The van der Waals surface area contributed by atoms with Gasteiger partial charge in [0, 0.05) is 52.0 Å². The Morgan fingerprint density at radius 2 is 1.25 bits per heavy atom. The first kappa shape index (κ1) is 16.2. The molecule has 0 aromatic carbocycles. The average molecular weight is 459 g/mol. The van der Waals surface area contributed by atoms with E-state index in [1.807, 2.05) is 0 Å². The standard InChI is InChI=1S/Bi.In.O.Sn. The van der Waals surface area contributed by atoms with Crippen molar-refractivity contribution in [2.24, 2.45) is 0 Å². The van der Waals surface area contributed by atoms with Crippen LogP contribution in [0.15, 0.2) is 0 Å². The molecule has 0 fully saturated rings. The zero-order chi connectivity index (χ0) is 2.00. The van der Waals surface area contributed by atoms with Crippen LogP contribution in [0.5, 0.6) is 0 Å². The van der Waals surface area contributed by atoms with E-state index in [0.29, 0.717) is 22.5 Å². The van der Waals surface area contributed by atoms with Crippen molar-refractivity contribution in [1.29, 1.82) is 0 Å². The fourth-order valence-corrected chi connectivity index (χ4v) is 0. The summed E-state index contributed by atoms with van der Waals surface area (Å²) in [7, 11) is 0. The summed E-state index contributed by atoms with van der Waals surface area (Å²) in [6.45, 7) is 0. The molecular formula is BiInOSn. The Bertz CT molecular complexity index is 8.00. The molecule has 4 heavy (non-hydrogen) atoms. The van der Waals surface area contributed by atoms with Gasteiger partial charge in [-0.05, 0) is 0 Å². The van der Waals surface area contributed by atoms with Crippen molar-refractivity contribution in [1.82, 2.24) is 0 Å². The number of hydrogen-bond donors (Lipinski definition) is 0. The average Bonchev–Trinajstić information content (AvgIpc) is 1.00. The minimum atomic E-state index is 0. The van der Waals surface area contributed by atoms with Crippen LogP contribution in [0, 0.1) is 0 Å². The molecule has 0 spiro atoms. The van der Waals surface area contributed by atoms with Crippen molar-refractivity contribution < 1.29 is 3.08 Å². The summed E-state index contributed by atoms with van der Waals surface area (Å²) in [4.78, 5) is 0. The predicted molar refractivity (Wildman–Crippen MR) is 17.9 cm³/mol. The molecule has 18 valence electrons. The van der Waals surface area contributed by atoms with Crippen LogP contribution in [0.1, 0.15) is 0 Å². The fraction of sp³-hybridized carbons (Fsp3) is 0. The van der Waals surface area contributed by atoms with Crippen LogP contribution in [0.4, 0.5) is 0 Å². The van der Waals surface area contributed by atoms with Crippen LogP contribution in [0.3, 0.4) is 0 Å². The summed E-state index contributed by atoms with van der Waals surface area (Å²) in [5.41, 5.74) is 0. The number of rotatable bonds is 0. The van der Waals surface area contributed by atoms with Gasteiger partial charge < -0.3 is 0 Å². The summed E-state index contributed by atoms with van der Waals surface area (Å²) in [6.07, 6.45) is 0. The van der Waals surface area contributed by atoms with E-state index in [9.17, 15) is 0 Å². The first-order chi connectivity index (χ1) is 1.00. The molecule has 0 aromatic rings. The zero-order valence-electron chi connectivity index (χ0n) is 1.93. The molecule has 0 atom stereocenters. The molecule has 0 saturated heterocycles. The monoisotopic (exact) mass is 460 g/mol. The van der Waals surface area contributed by atoms with Crippen LogP contribution in [-0.4, -0.2) is 74.6 Å². The van der Waals surface area contributed by atoms with Crippen LogP contribution >= 0.6 is 0 Å². The van der Waals surface area contributed by atoms with Gasteiger partial charge in [0.15, 0.2) is 0 Å². The molecule has 0 amide bonds. The van der Waals surface area contributed by atoms with E-state index < -0.39 is 0 Å². The predicted octanol–water partition coefficient (Wildman–Crippen LogP) is -1.26. The molecule has 1 nitrogen and oxygen atoms in total. The van der Waals surface area contributed by atoms with Gasteiger partial charge in [-0.15, -0.1) is 0 Å². The second-order valence-corrected chi connectivity index (χ2v) is 0. The van der Waals surface area contributed by atoms with Crippen molar-refractivity contribution in [3.05, 3.63) is 0 Å². The van der Waals surface area contributed by atoms with Crippen molar-refractivity contribution >= 4 is 74.6 Å². The zero-order valence-corrected chi connectivity index (χ0v) is 11.6. The molecule has 0 N–H and O–H groups in total. The van der Waals surface area contributed by atoms with Gasteiger partial charge in [0.25, 0.3) is 0 Å². The van der Waals surface area contributed by atoms with Gasteiger partial charge in [-0.2, -0.15) is 0 Å². The van der Waals surface area contributed by atoms with Crippen molar-refractivity contribution in [3.8, 4) is 0 Å². The van der Waals surface area contributed by atoms with Gasteiger partial charge in [0.1, 0.15) is 0 Å². The summed E-state index contributed by atoms with van der Waals surface area (Å²) in [6, 6.07) is 0. The first-order valence-corrected chi connectivity index (χ1v) is 1.37. The molecule has 0 saturated carbocycles. The molecular weight excluding hydrogens is 459 g/mol. The van der Waals surface area contributed by atoms with E-state index >= 15 is 0 Å². The minimum absolute atomic E-state index is 0. The van der Waals surface area contributed by atoms with E-state index in [0.717, 1.165) is 0 Å². The third kappa shape index (κ3) is 8.84. The second-order valence-electron chi connectivity index (χ2n) is 0. The Labute approximate surface area is 76.3 Å². The van der Waals surface area contributed by atoms with Crippen LogP contribution in [0.2, 0.25) is 0 Å². The van der Waals surface area contributed by atoms with E-state index in [-0.39, 0.29) is 52.0 Å². The first-order valence-electron chi connectivity index (χ1n) is 0.204. The molecule has 0 aliphatic carbocycles. The van der Waals surface area contributed by atoms with E-state index in [2.05, 4.69) is 0 Å². The van der Waals surface area contributed by atoms with Crippen molar-refractivity contribution in [2.75, 3.05) is 0 Å². The van der Waals surface area contributed by atoms with Gasteiger partial charge in [-0.25, -0.2) is 0 Å². The molecule has 0 rings (SSSR count). The topological polar surface area (TPSA) is 17.1 Å². The molecule has 0 heterocycles. The molecule has 0 aromatic heterocycles. The summed E-state index contributed by atoms with van der Waals surface area (Å²) >= 11 is 0.300. The normalized spacial score (nSPS) is 1.00. The van der Waals surface area contributed by atoms with Crippen LogP contribution < -0.4 is 0 Å². The molecule has 8 radical (unpaired) electrons. The Morgan fingerprint density at radius 1 is 1.25 bits per heavy atom. The van der Waals surface area contributed by atoms with Gasteiger partial charge in [0.2, 0.25) is 0 Å². The van der Waals surface area contributed by atoms with Crippen LogP contribution in [0.25, 0.3) is 0 Å². The Kier molecular flexibility index (Phi) is 74.2. The third-order valence-electron chi connectivity index (χ3n) is 0. The Hall–Kier alpha value is 2.35. The quantitative estimate of drug-likeness (QED) is 0.415. The van der Waals surface area contributed by atoms with Gasteiger partial charge >= 0.3 is 25.6 Å². The van der Waals surface area contributed by atoms with Crippen molar-refractivity contribution in [3.63, 3.8) is 0 Å². The van der Waals surface area contributed by atoms with Crippen LogP contribution in [-0.2, 0) is 3.08 Å². The summed E-state index contributed by atoms with van der Waals surface area (Å²) in [5, 5.41) is 0. The molecule has 0 unspecified atom stereocenters. The molecule has 4 heteroatoms. The summed E-state index contributed by atoms with van der Waals surface area (Å²) in [5.74, 6) is 0. The third-order valence-corrected chi connectivity index (χ3v) is 0. The molecule has 0 bridgehead atoms. The Balaban J connectivity index is -0.00000000500. The summed E-state index contributed by atoms with van der Waals surface area (Å²) < 4.78 is 8.34. The maximum absolute atomic E-state index is 8.34. The molecule has 0 aliphatic heterocycles. The van der Waals surface area contributed by atoms with E-state index in [1.54, 1.807) is 0 Å². The second kappa shape index (κ2) is 18.3. The van der Waals surface area contributed by atoms with E-state index in [1.165, 1.54) is 0 Å². The van der Waals surface area contributed by atoms with E-state index in [4.69, 9.17) is 3.08 Å². The fourth-order valence-electron chi connectivity index (χ4n) is 0. The van der Waals surface area contributed by atoms with Gasteiger partial charge in [0.05, 0.1) is 0 Å². The van der Waals surface area contributed by atoms with Gasteiger partial charge in [-0.3, -0.25) is 0 Å². The van der Waals surface area contributed by atoms with Crippen molar-refractivity contribution in [2.45, 2.75) is 0 Å². The molecule has 0 aliphatic rings. The maximum atomic E-state index is 8.34.